The lowest BCUT2D eigenvalue weighted by atomic mass is 10.1. The summed E-state index contributed by atoms with van der Waals surface area (Å²) < 4.78 is 13.9. The molecule has 0 aliphatic carbocycles. The summed E-state index contributed by atoms with van der Waals surface area (Å²) >= 11 is 7.63. The Hall–Kier alpha value is -1.33. The molecular weight excluding hydrogens is 353 g/mol. The van der Waals surface area contributed by atoms with Gasteiger partial charge in [-0.05, 0) is 54.8 Å². The van der Waals surface area contributed by atoms with Gasteiger partial charge >= 0.3 is 0 Å². The summed E-state index contributed by atoms with van der Waals surface area (Å²) in [5, 5.41) is 2.85. The summed E-state index contributed by atoms with van der Waals surface area (Å²) in [6.07, 6.45) is 0.663. The minimum Gasteiger partial charge on any atom is -0.352 e. The Labute approximate surface area is 137 Å². The van der Waals surface area contributed by atoms with Crippen molar-refractivity contribution in [3.05, 3.63) is 63.4 Å². The van der Waals surface area contributed by atoms with E-state index in [4.69, 9.17) is 0 Å². The van der Waals surface area contributed by atoms with Crippen molar-refractivity contribution in [1.82, 2.24) is 5.32 Å². The smallest absolute Gasteiger partial charge is 0.252 e. The molecule has 0 spiro atoms. The van der Waals surface area contributed by atoms with Crippen LogP contribution in [0.1, 0.15) is 21.5 Å². The molecule has 0 saturated carbocycles. The van der Waals surface area contributed by atoms with Gasteiger partial charge in [0.25, 0.3) is 5.91 Å². The fraction of sp³-hybridized carbons (Fsp3) is 0.188. The molecule has 0 fully saturated rings. The Morgan fingerprint density at radius 2 is 2.05 bits per heavy atom. The third-order valence-corrected chi connectivity index (χ3v) is 4.05. The number of aryl methyl sites for hydroxylation is 1. The predicted octanol–water partition coefficient (Wildman–Crippen LogP) is 4.16. The number of rotatable bonds is 4. The van der Waals surface area contributed by atoms with Gasteiger partial charge < -0.3 is 5.32 Å². The Bertz CT molecular complexity index is 675. The molecule has 0 aliphatic rings. The molecule has 0 radical (unpaired) electrons. The van der Waals surface area contributed by atoms with E-state index < -0.39 is 0 Å². The number of hydrogen-bond acceptors (Lipinski definition) is 2. The Kier molecular flexibility index (Phi) is 5.42. The Morgan fingerprint density at radius 1 is 1.29 bits per heavy atom. The van der Waals surface area contributed by atoms with Crippen molar-refractivity contribution in [2.45, 2.75) is 18.2 Å². The number of nitrogens with one attached hydrogen (secondary N) is 1. The van der Waals surface area contributed by atoms with Gasteiger partial charge in [-0.25, -0.2) is 4.39 Å². The highest BCUT2D eigenvalue weighted by atomic mass is 79.9. The summed E-state index contributed by atoms with van der Waals surface area (Å²) in [7, 11) is 0. The van der Waals surface area contributed by atoms with Crippen molar-refractivity contribution >= 4 is 34.5 Å². The molecule has 0 saturated heterocycles. The number of hydrogen-bond donors (Lipinski definition) is 2. The second kappa shape index (κ2) is 7.09. The molecule has 0 aromatic heterocycles. The second-order valence-corrected chi connectivity index (χ2v) is 6.14. The SMILES string of the molecule is Cc1cc(F)ccc1CCNC(=O)c1ccc(Br)cc1S. The molecule has 2 rings (SSSR count). The largest absolute Gasteiger partial charge is 0.352 e. The zero-order chi connectivity index (χ0) is 15.4. The van der Waals surface area contributed by atoms with Crippen LogP contribution in [-0.2, 0) is 6.42 Å². The maximum atomic E-state index is 13.0. The first kappa shape index (κ1) is 16.0. The lowest BCUT2D eigenvalue weighted by Gasteiger charge is -2.09. The van der Waals surface area contributed by atoms with Crippen LogP contribution in [0.5, 0.6) is 0 Å². The molecule has 0 aliphatic heterocycles. The van der Waals surface area contributed by atoms with E-state index in [0.717, 1.165) is 15.6 Å². The molecule has 2 aromatic rings. The van der Waals surface area contributed by atoms with Crippen molar-refractivity contribution in [2.24, 2.45) is 0 Å². The van der Waals surface area contributed by atoms with Gasteiger partial charge in [-0.1, -0.05) is 22.0 Å². The van der Waals surface area contributed by atoms with E-state index in [-0.39, 0.29) is 11.7 Å². The summed E-state index contributed by atoms with van der Waals surface area (Å²) in [6.45, 7) is 2.36. The molecule has 1 N–H and O–H groups in total. The second-order valence-electron chi connectivity index (χ2n) is 4.74. The maximum absolute atomic E-state index is 13.0. The van der Waals surface area contributed by atoms with Crippen LogP contribution in [0.2, 0.25) is 0 Å². The topological polar surface area (TPSA) is 29.1 Å². The monoisotopic (exact) mass is 367 g/mol. The number of carbonyl (C=O) groups excluding carboxylic acids is 1. The molecule has 21 heavy (non-hydrogen) atoms. The van der Waals surface area contributed by atoms with Gasteiger partial charge in [0.1, 0.15) is 5.82 Å². The van der Waals surface area contributed by atoms with Crippen LogP contribution < -0.4 is 5.32 Å². The lowest BCUT2D eigenvalue weighted by Crippen LogP contribution is -2.26. The first-order chi connectivity index (χ1) is 9.97. The summed E-state index contributed by atoms with van der Waals surface area (Å²) in [6, 6.07) is 9.99. The van der Waals surface area contributed by atoms with Gasteiger partial charge in [-0.2, -0.15) is 0 Å². The van der Waals surface area contributed by atoms with Crippen LogP contribution >= 0.6 is 28.6 Å². The molecular formula is C16H15BrFNOS. The van der Waals surface area contributed by atoms with Gasteiger partial charge in [0.2, 0.25) is 0 Å². The van der Waals surface area contributed by atoms with E-state index in [1.165, 1.54) is 12.1 Å². The number of carbonyl (C=O) groups is 1. The fourth-order valence-corrected chi connectivity index (χ4v) is 2.90. The standard InChI is InChI=1S/C16H15BrFNOS/c1-10-8-13(18)4-2-11(10)6-7-19-16(20)14-5-3-12(17)9-15(14)21/h2-5,8-9,21H,6-7H2,1H3,(H,19,20). The van der Waals surface area contributed by atoms with Gasteiger partial charge in [0, 0.05) is 15.9 Å². The van der Waals surface area contributed by atoms with Crippen LogP contribution in [-0.4, -0.2) is 12.5 Å². The summed E-state index contributed by atoms with van der Waals surface area (Å²) in [5.74, 6) is -0.401. The first-order valence-electron chi connectivity index (χ1n) is 6.49. The molecule has 5 heteroatoms. The molecule has 0 unspecified atom stereocenters. The van der Waals surface area contributed by atoms with E-state index in [1.54, 1.807) is 24.3 Å². The van der Waals surface area contributed by atoms with E-state index in [1.807, 2.05) is 6.92 Å². The molecule has 110 valence electrons. The lowest BCUT2D eigenvalue weighted by molar-refractivity contribution is 0.0951. The maximum Gasteiger partial charge on any atom is 0.252 e. The van der Waals surface area contributed by atoms with E-state index in [0.29, 0.717) is 23.4 Å². The normalized spacial score (nSPS) is 10.5. The molecule has 2 aromatic carbocycles. The highest BCUT2D eigenvalue weighted by Gasteiger charge is 2.09. The van der Waals surface area contributed by atoms with Crippen LogP contribution in [0.15, 0.2) is 45.8 Å². The zero-order valence-electron chi connectivity index (χ0n) is 11.5. The predicted molar refractivity (Wildman–Crippen MR) is 88.6 cm³/mol. The van der Waals surface area contributed by atoms with Gasteiger partial charge in [-0.15, -0.1) is 12.6 Å². The number of benzene rings is 2. The quantitative estimate of drug-likeness (QED) is 0.780. The van der Waals surface area contributed by atoms with E-state index >= 15 is 0 Å². The van der Waals surface area contributed by atoms with Crippen LogP contribution in [0, 0.1) is 12.7 Å². The first-order valence-corrected chi connectivity index (χ1v) is 7.73. The van der Waals surface area contributed by atoms with Crippen LogP contribution in [0.25, 0.3) is 0 Å². The molecule has 2 nitrogen and oxygen atoms in total. The Balaban J connectivity index is 1.95. The molecule has 0 atom stereocenters. The third-order valence-electron chi connectivity index (χ3n) is 3.19. The fourth-order valence-electron chi connectivity index (χ4n) is 2.04. The molecule has 0 heterocycles. The minimum atomic E-state index is -0.241. The van der Waals surface area contributed by atoms with Crippen molar-refractivity contribution in [3.8, 4) is 0 Å². The highest BCUT2D eigenvalue weighted by molar-refractivity contribution is 9.10. The van der Waals surface area contributed by atoms with Crippen LogP contribution in [0.3, 0.4) is 0 Å². The number of halogens is 2. The van der Waals surface area contributed by atoms with Gasteiger partial charge in [-0.3, -0.25) is 4.79 Å². The minimum absolute atomic E-state index is 0.160. The average Bonchev–Trinajstić information content (AvgIpc) is 2.41. The highest BCUT2D eigenvalue weighted by Crippen LogP contribution is 2.19. The van der Waals surface area contributed by atoms with Crippen molar-refractivity contribution in [3.63, 3.8) is 0 Å². The molecule has 0 bridgehead atoms. The Morgan fingerprint density at radius 3 is 2.71 bits per heavy atom. The molecule has 1 amide bonds. The summed E-state index contributed by atoms with van der Waals surface area (Å²) in [4.78, 5) is 12.7. The van der Waals surface area contributed by atoms with E-state index in [2.05, 4.69) is 33.9 Å². The van der Waals surface area contributed by atoms with Crippen LogP contribution in [0.4, 0.5) is 4.39 Å². The third kappa shape index (κ3) is 4.32. The van der Waals surface area contributed by atoms with Gasteiger partial charge in [0.05, 0.1) is 5.56 Å². The van der Waals surface area contributed by atoms with Crippen molar-refractivity contribution in [2.75, 3.05) is 6.54 Å². The van der Waals surface area contributed by atoms with E-state index in [9.17, 15) is 9.18 Å². The van der Waals surface area contributed by atoms with Crippen molar-refractivity contribution < 1.29 is 9.18 Å². The number of amides is 1. The summed E-state index contributed by atoms with van der Waals surface area (Å²) in [5.41, 5.74) is 2.46. The average molecular weight is 368 g/mol. The number of thiol groups is 1. The van der Waals surface area contributed by atoms with Gasteiger partial charge in [0.15, 0.2) is 0 Å². The van der Waals surface area contributed by atoms with Crippen molar-refractivity contribution in [1.29, 1.82) is 0 Å². The zero-order valence-corrected chi connectivity index (χ0v) is 14.0.